The predicted octanol–water partition coefficient (Wildman–Crippen LogP) is 3.36. The highest BCUT2D eigenvalue weighted by Crippen LogP contribution is 2.51. The van der Waals surface area contributed by atoms with E-state index in [4.69, 9.17) is 0 Å². The van der Waals surface area contributed by atoms with Gasteiger partial charge in [-0.3, -0.25) is 14.9 Å². The first-order chi connectivity index (χ1) is 10.6. The monoisotopic (exact) mass is 318 g/mol. The molecular weight excluding hydrogens is 300 g/mol. The first-order valence-electron chi connectivity index (χ1n) is 7.80. The maximum Gasteiger partial charge on any atom is 0.269 e. The number of carbonyl (C=O) groups excluding carboxylic acids is 1. The molecule has 3 aliphatic rings. The van der Waals surface area contributed by atoms with Crippen LogP contribution in [0, 0.1) is 22.0 Å². The summed E-state index contributed by atoms with van der Waals surface area (Å²) in [5.41, 5.74) is 0.984. The summed E-state index contributed by atoms with van der Waals surface area (Å²) >= 11 is 1.60. The Hall–Kier alpha value is -1.56. The topological polar surface area (TPSA) is 63.4 Å². The van der Waals surface area contributed by atoms with Crippen LogP contribution in [-0.2, 0) is 4.79 Å². The number of nitro benzene ring substituents is 1. The highest BCUT2D eigenvalue weighted by Gasteiger charge is 2.48. The van der Waals surface area contributed by atoms with Gasteiger partial charge in [-0.15, -0.1) is 11.8 Å². The van der Waals surface area contributed by atoms with Crippen molar-refractivity contribution < 1.29 is 9.72 Å². The van der Waals surface area contributed by atoms with Crippen molar-refractivity contribution in [2.75, 3.05) is 5.75 Å². The number of hydrogen-bond donors (Lipinski definition) is 0. The van der Waals surface area contributed by atoms with Crippen LogP contribution in [0.25, 0.3) is 0 Å². The summed E-state index contributed by atoms with van der Waals surface area (Å²) in [4.78, 5) is 25.1. The third-order valence-electron chi connectivity index (χ3n) is 5.33. The van der Waals surface area contributed by atoms with E-state index in [1.165, 1.54) is 25.3 Å². The molecule has 1 aromatic carbocycles. The lowest BCUT2D eigenvalue weighted by Crippen LogP contribution is -2.41. The van der Waals surface area contributed by atoms with E-state index in [1.807, 2.05) is 11.0 Å². The van der Waals surface area contributed by atoms with Crippen molar-refractivity contribution in [3.05, 3.63) is 39.9 Å². The van der Waals surface area contributed by atoms with Crippen molar-refractivity contribution in [2.45, 2.75) is 37.1 Å². The lowest BCUT2D eigenvalue weighted by Gasteiger charge is -2.35. The smallest absolute Gasteiger partial charge is 0.269 e. The maximum atomic E-state index is 12.4. The van der Waals surface area contributed by atoms with Gasteiger partial charge >= 0.3 is 0 Å². The molecule has 116 valence electrons. The number of benzene rings is 1. The molecular formula is C16H18N2O3S. The third kappa shape index (κ3) is 2.20. The molecule has 4 atom stereocenters. The minimum Gasteiger partial charge on any atom is -0.323 e. The average Bonchev–Trinajstić information content (AvgIpc) is 3.22. The van der Waals surface area contributed by atoms with Crippen LogP contribution in [0.1, 0.15) is 36.6 Å². The second-order valence-electron chi connectivity index (χ2n) is 6.56. The van der Waals surface area contributed by atoms with E-state index in [9.17, 15) is 14.9 Å². The minimum atomic E-state index is -0.368. The first kappa shape index (κ1) is 14.1. The summed E-state index contributed by atoms with van der Waals surface area (Å²) in [5, 5.41) is 10.9. The van der Waals surface area contributed by atoms with Crippen LogP contribution in [0.5, 0.6) is 0 Å². The fraction of sp³-hybridized carbons (Fsp3) is 0.562. The summed E-state index contributed by atoms with van der Waals surface area (Å²) in [5.74, 6) is 2.09. The van der Waals surface area contributed by atoms with Gasteiger partial charge in [-0.05, 0) is 36.7 Å². The van der Waals surface area contributed by atoms with Gasteiger partial charge in [-0.25, -0.2) is 0 Å². The molecule has 4 rings (SSSR count). The normalized spacial score (nSPS) is 33.6. The molecule has 22 heavy (non-hydrogen) atoms. The number of carbonyl (C=O) groups is 1. The molecule has 3 fully saturated rings. The van der Waals surface area contributed by atoms with Gasteiger partial charge in [0.1, 0.15) is 5.37 Å². The highest BCUT2D eigenvalue weighted by molar-refractivity contribution is 8.00. The summed E-state index contributed by atoms with van der Waals surface area (Å²) in [6.07, 6.45) is 4.90. The largest absolute Gasteiger partial charge is 0.323 e. The van der Waals surface area contributed by atoms with Crippen molar-refractivity contribution in [2.24, 2.45) is 11.8 Å². The van der Waals surface area contributed by atoms with Crippen LogP contribution in [-0.4, -0.2) is 27.5 Å². The van der Waals surface area contributed by atoms with Crippen LogP contribution in [0.2, 0.25) is 0 Å². The summed E-state index contributed by atoms with van der Waals surface area (Å²) in [6, 6.07) is 7.09. The molecule has 2 bridgehead atoms. The zero-order chi connectivity index (χ0) is 15.3. The Balaban J connectivity index is 1.64. The van der Waals surface area contributed by atoms with E-state index in [0.29, 0.717) is 17.7 Å². The van der Waals surface area contributed by atoms with Crippen LogP contribution >= 0.6 is 11.8 Å². The Bertz CT molecular complexity index is 636. The standard InChI is InChI=1S/C16H18N2O3S/c19-15-9-22-16(12-2-1-3-13(8-12)18(20)21)17(15)14-7-10-4-5-11(14)6-10/h1-3,8,10-11,14,16H,4-7,9H2/t10-,11-,14-,16+/m0/s1. The van der Waals surface area contributed by atoms with Crippen molar-refractivity contribution in [1.82, 2.24) is 4.90 Å². The van der Waals surface area contributed by atoms with E-state index >= 15 is 0 Å². The third-order valence-corrected chi connectivity index (χ3v) is 6.56. The van der Waals surface area contributed by atoms with Gasteiger partial charge in [0.2, 0.25) is 5.91 Å². The number of rotatable bonds is 3. The first-order valence-corrected chi connectivity index (χ1v) is 8.85. The number of non-ortho nitro benzene ring substituents is 1. The fourth-order valence-corrected chi connectivity index (χ4v) is 5.62. The van der Waals surface area contributed by atoms with Crippen molar-refractivity contribution in [3.8, 4) is 0 Å². The molecule has 0 unspecified atom stereocenters. The SMILES string of the molecule is O=C1CS[C@H](c2cccc([N+](=O)[O-])c2)N1[C@H]1C[C@H]2CC[C@H]1C2. The van der Waals surface area contributed by atoms with E-state index in [0.717, 1.165) is 17.9 Å². The van der Waals surface area contributed by atoms with E-state index in [2.05, 4.69) is 0 Å². The van der Waals surface area contributed by atoms with Gasteiger partial charge in [-0.1, -0.05) is 18.6 Å². The van der Waals surface area contributed by atoms with Gasteiger partial charge in [-0.2, -0.15) is 0 Å². The molecule has 1 aliphatic heterocycles. The van der Waals surface area contributed by atoms with Gasteiger partial charge in [0.05, 0.1) is 10.7 Å². The molecule has 2 aliphatic carbocycles. The summed E-state index contributed by atoms with van der Waals surface area (Å²) in [6.45, 7) is 0. The molecule has 1 aromatic rings. The van der Waals surface area contributed by atoms with Gasteiger partial charge in [0.15, 0.2) is 0 Å². The Kier molecular flexibility index (Phi) is 3.36. The summed E-state index contributed by atoms with van der Waals surface area (Å²) < 4.78 is 0. The lowest BCUT2D eigenvalue weighted by atomic mass is 9.93. The number of nitro groups is 1. The molecule has 5 nitrogen and oxygen atoms in total. The Morgan fingerprint density at radius 1 is 1.27 bits per heavy atom. The second kappa shape index (κ2) is 5.26. The van der Waals surface area contributed by atoms with Crippen molar-refractivity contribution in [1.29, 1.82) is 0 Å². The van der Waals surface area contributed by atoms with Gasteiger partial charge < -0.3 is 4.90 Å². The fourth-order valence-electron chi connectivity index (χ4n) is 4.40. The molecule has 1 heterocycles. The molecule has 2 saturated carbocycles. The number of fused-ring (bicyclic) bond motifs is 2. The quantitative estimate of drug-likeness (QED) is 0.633. The Morgan fingerprint density at radius 2 is 2.14 bits per heavy atom. The van der Waals surface area contributed by atoms with E-state index < -0.39 is 0 Å². The predicted molar refractivity (Wildman–Crippen MR) is 84.4 cm³/mol. The van der Waals surface area contributed by atoms with E-state index in [1.54, 1.807) is 23.9 Å². The van der Waals surface area contributed by atoms with Gasteiger partial charge in [0.25, 0.3) is 5.69 Å². The molecule has 6 heteroatoms. The molecule has 0 radical (unpaired) electrons. The zero-order valence-electron chi connectivity index (χ0n) is 12.2. The Labute approximate surface area is 133 Å². The molecule has 0 N–H and O–H groups in total. The van der Waals surface area contributed by atoms with Crippen molar-refractivity contribution >= 4 is 23.4 Å². The Morgan fingerprint density at radius 3 is 2.82 bits per heavy atom. The van der Waals surface area contributed by atoms with Crippen LogP contribution in [0.3, 0.4) is 0 Å². The van der Waals surface area contributed by atoms with Gasteiger partial charge in [0, 0.05) is 18.2 Å². The lowest BCUT2D eigenvalue weighted by molar-refractivity contribution is -0.384. The zero-order valence-corrected chi connectivity index (χ0v) is 13.0. The average molecular weight is 318 g/mol. The second-order valence-corrected chi connectivity index (χ2v) is 7.63. The number of hydrogen-bond acceptors (Lipinski definition) is 4. The van der Waals surface area contributed by atoms with Crippen LogP contribution in [0.4, 0.5) is 5.69 Å². The maximum absolute atomic E-state index is 12.4. The molecule has 1 amide bonds. The minimum absolute atomic E-state index is 0.0586. The van der Waals surface area contributed by atoms with Crippen molar-refractivity contribution in [3.63, 3.8) is 0 Å². The molecule has 1 saturated heterocycles. The van der Waals surface area contributed by atoms with E-state index in [-0.39, 0.29) is 21.9 Å². The number of amides is 1. The van der Waals surface area contributed by atoms with Crippen LogP contribution < -0.4 is 0 Å². The summed E-state index contributed by atoms with van der Waals surface area (Å²) in [7, 11) is 0. The highest BCUT2D eigenvalue weighted by atomic mass is 32.2. The molecule has 0 aromatic heterocycles. The number of thioether (sulfide) groups is 1. The number of nitrogens with zero attached hydrogens (tertiary/aromatic N) is 2. The molecule has 0 spiro atoms. The van der Waals surface area contributed by atoms with Crippen LogP contribution in [0.15, 0.2) is 24.3 Å².